The second-order valence-corrected chi connectivity index (χ2v) is 26.9. The molecule has 0 fully saturated rings. The average Bonchev–Trinajstić information content (AvgIpc) is 0.938. The van der Waals surface area contributed by atoms with Crippen molar-refractivity contribution in [2.75, 3.05) is 26.2 Å². The van der Waals surface area contributed by atoms with E-state index in [0.717, 1.165) is 19.3 Å². The van der Waals surface area contributed by atoms with Crippen LogP contribution in [0.2, 0.25) is 0 Å². The summed E-state index contributed by atoms with van der Waals surface area (Å²) in [5, 5.41) is 37.9. The van der Waals surface area contributed by atoms with Gasteiger partial charge in [-0.1, -0.05) is 134 Å². The highest BCUT2D eigenvalue weighted by molar-refractivity contribution is 5.99. The Morgan fingerprint density at radius 3 is 1.15 bits per heavy atom. The summed E-state index contributed by atoms with van der Waals surface area (Å²) in [7, 11) is 0. The molecule has 0 aromatic carbocycles. The van der Waals surface area contributed by atoms with Gasteiger partial charge in [-0.15, -0.1) is 0 Å². The number of aliphatic imine (C=N–C) groups is 1. The average molecular weight is 1340 g/mol. The molecule has 0 saturated carbocycles. The Morgan fingerprint density at radius 1 is 0.383 bits per heavy atom. The monoisotopic (exact) mass is 1330 g/mol. The highest BCUT2D eigenvalue weighted by Gasteiger charge is 2.38. The van der Waals surface area contributed by atoms with Crippen molar-refractivity contribution in [3.05, 3.63) is 0 Å². The number of amides is 11. The molecule has 0 aliphatic carbocycles. The number of carbonyl (C=O) groups excluding carboxylic acids is 11. The molecule has 0 aliphatic heterocycles. The maximum atomic E-state index is 14.7. The predicted molar refractivity (Wildman–Crippen MR) is 366 cm³/mol. The molecule has 0 aromatic heterocycles. The second-order valence-electron chi connectivity index (χ2n) is 26.9. The molecule has 0 heterocycles. The first kappa shape index (κ1) is 87.3. The summed E-state index contributed by atoms with van der Waals surface area (Å²) in [6.07, 6.45) is 11.4. The number of nitrogens with two attached hydrogens (primary N) is 5. The highest BCUT2D eigenvalue weighted by atomic mass is 16.3. The van der Waals surface area contributed by atoms with E-state index in [0.29, 0.717) is 38.5 Å². The summed E-state index contributed by atoms with van der Waals surface area (Å²) < 4.78 is 0. The van der Waals surface area contributed by atoms with Crippen molar-refractivity contribution >= 4 is 70.9 Å². The number of hydrogen-bond acceptors (Lipinski definition) is 15. The Labute approximate surface area is 560 Å². The van der Waals surface area contributed by atoms with Crippen molar-refractivity contribution in [2.24, 2.45) is 63.3 Å². The number of nitrogens with one attached hydrogen (secondary N) is 10. The number of carbonyl (C=O) groups is 11. The van der Waals surface area contributed by atoms with E-state index in [1.807, 2.05) is 55.4 Å². The molecule has 0 rings (SSSR count). The van der Waals surface area contributed by atoms with E-state index < -0.39 is 125 Å². The van der Waals surface area contributed by atoms with Crippen LogP contribution < -0.4 is 81.8 Å². The zero-order valence-electron chi connectivity index (χ0n) is 59.0. The Balaban J connectivity index is 6.85. The molecule has 0 aromatic rings. The van der Waals surface area contributed by atoms with Crippen molar-refractivity contribution in [1.29, 1.82) is 0 Å². The summed E-state index contributed by atoms with van der Waals surface area (Å²) in [6.45, 7) is 21.9. The maximum Gasteiger partial charge on any atom is 0.245 e. The number of aliphatic hydroxyl groups is 1. The molecule has 0 saturated heterocycles. The van der Waals surface area contributed by atoms with E-state index in [4.69, 9.17) is 28.7 Å². The highest BCUT2D eigenvalue weighted by Crippen LogP contribution is 2.16. The number of aliphatic hydroxyl groups excluding tert-OH is 1. The van der Waals surface area contributed by atoms with E-state index >= 15 is 0 Å². The van der Waals surface area contributed by atoms with E-state index in [9.17, 15) is 57.8 Å². The van der Waals surface area contributed by atoms with Crippen LogP contribution in [0.4, 0.5) is 0 Å². The van der Waals surface area contributed by atoms with Crippen molar-refractivity contribution in [3.8, 4) is 0 Å². The molecule has 94 heavy (non-hydrogen) atoms. The Bertz CT molecular complexity index is 2320. The van der Waals surface area contributed by atoms with Crippen LogP contribution in [0, 0.1) is 29.6 Å². The first-order chi connectivity index (χ1) is 44.3. The second kappa shape index (κ2) is 49.8. The molecule has 0 bridgehead atoms. The van der Waals surface area contributed by atoms with Gasteiger partial charge in [0.15, 0.2) is 5.96 Å². The van der Waals surface area contributed by atoms with E-state index in [1.54, 1.807) is 13.8 Å². The Morgan fingerprint density at radius 2 is 0.734 bits per heavy atom. The fraction of sp³-hybridized carbons (Fsp3) is 0.818. The summed E-state index contributed by atoms with van der Waals surface area (Å²) in [4.78, 5) is 156. The number of unbranched alkanes of at least 4 members (excludes halogenated alkanes) is 10. The van der Waals surface area contributed by atoms with Crippen molar-refractivity contribution < 1.29 is 57.8 Å². The van der Waals surface area contributed by atoms with Gasteiger partial charge in [-0.25, -0.2) is 0 Å². The zero-order valence-corrected chi connectivity index (χ0v) is 59.0. The van der Waals surface area contributed by atoms with Gasteiger partial charge in [0, 0.05) is 13.0 Å². The van der Waals surface area contributed by atoms with Gasteiger partial charge < -0.3 is 86.9 Å². The zero-order chi connectivity index (χ0) is 71.5. The fourth-order valence-corrected chi connectivity index (χ4v) is 10.5. The summed E-state index contributed by atoms with van der Waals surface area (Å²) in [5.74, 6) is -9.03. The summed E-state index contributed by atoms with van der Waals surface area (Å²) in [6, 6.07) is -11.5. The standard InChI is InChI=1S/C66H126N16O12/c1-13-15-16-17-18-19-20-21-22-31-53(84)73-39-54(85)74-50(36-41(5)6)61(90)79-51(37-42(7)8)62(91)76-46(28-23-25-32-67)58(87)75-48(30-27-34-72-66(70)71)59(88)81-55(44(11)14-2)64(93)77-47(29-24-26-33-68)60(89)82-56(45(12)83)65(94)80-52(38-43(9)10)63(92)78-49(57(69)86)35-40(3)4/h40-52,55-56,83H,13-39,67-68H2,1-12H3,(H2,69,86)(H,73,84)(H,74,85)(H,75,87)(H,76,91)(H,77,93)(H,78,92)(H,79,90)(H,80,94)(H,81,88)(H,82,89)(H4,70,71,72)/t44-,45+,46+,47+,48-,49-,50-,51-,52-,55-,56-/m0/s1. The van der Waals surface area contributed by atoms with Crippen LogP contribution in [-0.4, -0.2) is 163 Å². The topological polar surface area (TPSA) is 471 Å². The third-order valence-electron chi connectivity index (χ3n) is 16.0. The van der Waals surface area contributed by atoms with E-state index in [1.165, 1.54) is 39.0 Å². The molecule has 0 spiro atoms. The molecule has 11 amide bonds. The van der Waals surface area contributed by atoms with E-state index in [-0.39, 0.29) is 120 Å². The van der Waals surface area contributed by atoms with Gasteiger partial charge in [0.25, 0.3) is 0 Å². The van der Waals surface area contributed by atoms with Crippen LogP contribution in [0.3, 0.4) is 0 Å². The smallest absolute Gasteiger partial charge is 0.245 e. The van der Waals surface area contributed by atoms with Crippen molar-refractivity contribution in [2.45, 2.75) is 291 Å². The van der Waals surface area contributed by atoms with Gasteiger partial charge in [-0.2, -0.15) is 0 Å². The lowest BCUT2D eigenvalue weighted by atomic mass is 9.96. The lowest BCUT2D eigenvalue weighted by Gasteiger charge is -2.30. The number of hydrogen-bond donors (Lipinski definition) is 16. The molecule has 0 unspecified atom stereocenters. The van der Waals surface area contributed by atoms with Gasteiger partial charge in [0.1, 0.15) is 54.4 Å². The lowest BCUT2D eigenvalue weighted by Crippen LogP contribution is -2.62. The molecule has 28 heteroatoms. The molecular weight excluding hydrogens is 1210 g/mol. The molecule has 21 N–H and O–H groups in total. The minimum Gasteiger partial charge on any atom is -0.391 e. The van der Waals surface area contributed by atoms with Crippen LogP contribution in [0.5, 0.6) is 0 Å². The van der Waals surface area contributed by atoms with Crippen LogP contribution in [0.1, 0.15) is 231 Å². The normalized spacial score (nSPS) is 14.9. The predicted octanol–water partition coefficient (Wildman–Crippen LogP) is 1.79. The molecule has 0 radical (unpaired) electrons. The summed E-state index contributed by atoms with van der Waals surface area (Å²) >= 11 is 0. The van der Waals surface area contributed by atoms with Crippen LogP contribution in [0.25, 0.3) is 0 Å². The minimum absolute atomic E-state index is 0.00475. The first-order valence-electron chi connectivity index (χ1n) is 34.7. The maximum absolute atomic E-state index is 14.7. The lowest BCUT2D eigenvalue weighted by molar-refractivity contribution is -0.137. The van der Waals surface area contributed by atoms with Crippen molar-refractivity contribution in [3.63, 3.8) is 0 Å². The number of primary amides is 1. The van der Waals surface area contributed by atoms with E-state index in [2.05, 4.69) is 65.1 Å². The van der Waals surface area contributed by atoms with Gasteiger partial charge in [-0.05, 0) is 133 Å². The molecule has 542 valence electrons. The van der Waals surface area contributed by atoms with Crippen molar-refractivity contribution in [1.82, 2.24) is 53.2 Å². The Kier molecular flexibility index (Phi) is 46.3. The minimum atomic E-state index is -1.64. The third-order valence-corrected chi connectivity index (χ3v) is 16.0. The third kappa shape index (κ3) is 39.2. The quantitative estimate of drug-likeness (QED) is 0.0235. The largest absolute Gasteiger partial charge is 0.391 e. The number of nitrogens with zero attached hydrogens (tertiary/aromatic N) is 1. The van der Waals surface area contributed by atoms with Gasteiger partial charge >= 0.3 is 0 Å². The van der Waals surface area contributed by atoms with Gasteiger partial charge in [-0.3, -0.25) is 57.7 Å². The molecule has 0 aliphatic rings. The van der Waals surface area contributed by atoms with Crippen LogP contribution in [0.15, 0.2) is 4.99 Å². The van der Waals surface area contributed by atoms with Gasteiger partial charge in [0.2, 0.25) is 65.0 Å². The van der Waals surface area contributed by atoms with Gasteiger partial charge in [0.05, 0.1) is 12.6 Å². The Hall–Kier alpha value is -6.68. The number of guanidine groups is 1. The summed E-state index contributed by atoms with van der Waals surface area (Å²) in [5.41, 5.74) is 28.5. The van der Waals surface area contributed by atoms with Crippen LogP contribution >= 0.6 is 0 Å². The van der Waals surface area contributed by atoms with Crippen LogP contribution in [-0.2, 0) is 52.7 Å². The fourth-order valence-electron chi connectivity index (χ4n) is 10.5. The molecule has 28 nitrogen and oxygen atoms in total. The molecular formula is C66H126N16O12. The first-order valence-corrected chi connectivity index (χ1v) is 34.7. The SMILES string of the molecule is CCCCCCCCCCCC(=O)NCC(=O)N[C@@H](CC(C)C)C(=O)N[C@@H](CC(C)C)C(=O)N[C@H](CCCCN)C(=O)N[C@@H](CCCN=C(N)N)C(=O)N[C@H](C(=O)N[C@H](CCCCN)C(=O)N[C@H](C(=O)N[C@@H](CC(C)C)C(=O)N[C@@H](CC(C)C)C(N)=O)[C@@H](C)O)[C@@H](C)CC. The molecule has 11 atom stereocenters. The number of rotatable bonds is 53.